The van der Waals surface area contributed by atoms with E-state index in [2.05, 4.69) is 9.97 Å². The maximum Gasteiger partial charge on any atom is 0.326 e. The Labute approximate surface area is 82.4 Å². The largest absolute Gasteiger partial charge is 0.326 e. The lowest BCUT2D eigenvalue weighted by molar-refractivity contribution is 0.784. The molecule has 2 heterocycles. The van der Waals surface area contributed by atoms with Crippen molar-refractivity contribution in [2.24, 2.45) is 7.05 Å². The van der Waals surface area contributed by atoms with Crippen LogP contribution >= 0.6 is 0 Å². The van der Waals surface area contributed by atoms with Crippen molar-refractivity contribution in [3.63, 3.8) is 0 Å². The third kappa shape index (κ3) is 1.28. The summed E-state index contributed by atoms with van der Waals surface area (Å²) in [5.74, 6) is 0.407. The Balaban J connectivity index is 3.20. The monoisotopic (exact) mass is 208 g/mol. The van der Waals surface area contributed by atoms with E-state index in [-0.39, 0.29) is 11.0 Å². The highest BCUT2D eigenvalue weighted by molar-refractivity contribution is 5.71. The minimum Gasteiger partial charge on any atom is -0.301 e. The molecule has 0 aliphatic heterocycles. The Morgan fingerprint density at radius 1 is 1.20 bits per heavy atom. The van der Waals surface area contributed by atoms with Crippen LogP contribution in [0.4, 0.5) is 0 Å². The van der Waals surface area contributed by atoms with Crippen molar-refractivity contribution in [3.05, 3.63) is 37.0 Å². The van der Waals surface area contributed by atoms with Gasteiger partial charge in [0.1, 0.15) is 11.3 Å². The molecule has 0 radical (unpaired) electrons. The number of hydrogen-bond acceptors (Lipinski definition) is 4. The van der Waals surface area contributed by atoms with Crippen LogP contribution in [-0.4, -0.2) is 19.5 Å². The van der Waals surface area contributed by atoms with Gasteiger partial charge in [-0.25, -0.2) is 9.78 Å². The molecule has 2 N–H and O–H groups in total. The summed E-state index contributed by atoms with van der Waals surface area (Å²) >= 11 is 0. The van der Waals surface area contributed by atoms with Gasteiger partial charge in [-0.3, -0.25) is 19.1 Å². The van der Waals surface area contributed by atoms with Crippen LogP contribution in [0.1, 0.15) is 5.82 Å². The highest BCUT2D eigenvalue weighted by atomic mass is 16.2. The zero-order valence-electron chi connectivity index (χ0n) is 8.12. The van der Waals surface area contributed by atoms with Crippen molar-refractivity contribution < 1.29 is 0 Å². The predicted octanol–water partition coefficient (Wildman–Crippen LogP) is -1.38. The van der Waals surface area contributed by atoms with E-state index < -0.39 is 16.8 Å². The molecule has 2 aromatic heterocycles. The lowest BCUT2D eigenvalue weighted by Crippen LogP contribution is -2.30. The number of aromatic amines is 2. The zero-order chi connectivity index (χ0) is 11.2. The van der Waals surface area contributed by atoms with E-state index in [1.807, 2.05) is 4.98 Å². The molecule has 0 unspecified atom stereocenters. The highest BCUT2D eigenvalue weighted by Gasteiger charge is 2.09. The lowest BCUT2D eigenvalue weighted by atomic mass is 10.4. The predicted molar refractivity (Wildman–Crippen MR) is 53.0 cm³/mol. The van der Waals surface area contributed by atoms with Crippen LogP contribution in [0, 0.1) is 6.92 Å². The van der Waals surface area contributed by atoms with Gasteiger partial charge in [0.15, 0.2) is 5.52 Å². The molecule has 0 spiro atoms. The summed E-state index contributed by atoms with van der Waals surface area (Å²) in [4.78, 5) is 42.1. The maximum atomic E-state index is 11.7. The molecule has 0 aromatic carbocycles. The van der Waals surface area contributed by atoms with Crippen LogP contribution in [-0.2, 0) is 7.05 Å². The van der Waals surface area contributed by atoms with Gasteiger partial charge in [0.2, 0.25) is 0 Å². The van der Waals surface area contributed by atoms with Gasteiger partial charge in [-0.2, -0.15) is 0 Å². The standard InChI is InChI=1S/C8H8N4O3/c1-3-9-4-5(7(14)12(3)2)10-8(15)11-6(4)13/h1-2H3,(H2,10,11,13,15). The SMILES string of the molecule is Cc1nc2c(=O)[nH]c(=O)[nH]c2c(=O)n1C. The van der Waals surface area contributed by atoms with Crippen molar-refractivity contribution >= 4 is 11.0 Å². The van der Waals surface area contributed by atoms with Crippen molar-refractivity contribution in [3.8, 4) is 0 Å². The van der Waals surface area contributed by atoms with Crippen molar-refractivity contribution in [1.82, 2.24) is 19.5 Å². The van der Waals surface area contributed by atoms with Gasteiger partial charge in [0.05, 0.1) is 0 Å². The van der Waals surface area contributed by atoms with Crippen LogP contribution in [0.5, 0.6) is 0 Å². The Kier molecular flexibility index (Phi) is 1.82. The first-order valence-electron chi connectivity index (χ1n) is 4.20. The summed E-state index contributed by atoms with van der Waals surface area (Å²) < 4.78 is 1.26. The minimum atomic E-state index is -0.713. The molecule has 2 aromatic rings. The molecule has 15 heavy (non-hydrogen) atoms. The average Bonchev–Trinajstić information content (AvgIpc) is 2.17. The molecule has 0 atom stereocenters. The fourth-order valence-electron chi connectivity index (χ4n) is 1.29. The summed E-state index contributed by atoms with van der Waals surface area (Å²) in [6, 6.07) is 0. The quantitative estimate of drug-likeness (QED) is 0.557. The Morgan fingerprint density at radius 3 is 2.53 bits per heavy atom. The van der Waals surface area contributed by atoms with Gasteiger partial charge >= 0.3 is 5.69 Å². The average molecular weight is 208 g/mol. The van der Waals surface area contributed by atoms with E-state index in [0.717, 1.165) is 0 Å². The van der Waals surface area contributed by atoms with Gasteiger partial charge in [-0.05, 0) is 6.92 Å². The second-order valence-corrected chi connectivity index (χ2v) is 3.16. The Bertz CT molecular complexity index is 706. The Morgan fingerprint density at radius 2 is 1.87 bits per heavy atom. The molecule has 2 rings (SSSR count). The summed E-state index contributed by atoms with van der Waals surface area (Å²) in [5.41, 5.74) is -1.93. The van der Waals surface area contributed by atoms with Crippen LogP contribution in [0.15, 0.2) is 14.4 Å². The van der Waals surface area contributed by atoms with Crippen LogP contribution < -0.4 is 16.8 Å². The third-order valence-corrected chi connectivity index (χ3v) is 2.19. The molecule has 0 saturated heterocycles. The molecule has 0 bridgehead atoms. The molecule has 7 nitrogen and oxygen atoms in total. The molecular weight excluding hydrogens is 200 g/mol. The third-order valence-electron chi connectivity index (χ3n) is 2.19. The highest BCUT2D eigenvalue weighted by Crippen LogP contribution is 1.95. The van der Waals surface area contributed by atoms with E-state index in [9.17, 15) is 14.4 Å². The smallest absolute Gasteiger partial charge is 0.301 e. The molecule has 78 valence electrons. The molecule has 0 amide bonds. The fourth-order valence-corrected chi connectivity index (χ4v) is 1.29. The summed E-state index contributed by atoms with van der Waals surface area (Å²) in [5, 5.41) is 0. The number of nitrogens with one attached hydrogen (secondary N) is 2. The van der Waals surface area contributed by atoms with E-state index in [1.54, 1.807) is 6.92 Å². The lowest BCUT2D eigenvalue weighted by Gasteiger charge is -2.02. The van der Waals surface area contributed by atoms with E-state index in [4.69, 9.17) is 0 Å². The number of nitrogens with zero attached hydrogens (tertiary/aromatic N) is 2. The molecule has 0 aliphatic rings. The first kappa shape index (κ1) is 9.38. The van der Waals surface area contributed by atoms with Gasteiger partial charge in [-0.1, -0.05) is 0 Å². The normalized spacial score (nSPS) is 10.8. The zero-order valence-corrected chi connectivity index (χ0v) is 8.12. The summed E-state index contributed by atoms with van der Waals surface area (Å²) in [6.45, 7) is 1.60. The van der Waals surface area contributed by atoms with E-state index in [1.165, 1.54) is 11.6 Å². The number of rotatable bonds is 0. The van der Waals surface area contributed by atoms with Crippen molar-refractivity contribution in [2.75, 3.05) is 0 Å². The second-order valence-electron chi connectivity index (χ2n) is 3.16. The van der Waals surface area contributed by atoms with Gasteiger partial charge in [-0.15, -0.1) is 0 Å². The molecule has 0 saturated carbocycles. The molecule has 7 heteroatoms. The number of H-pyrrole nitrogens is 2. The number of hydrogen-bond donors (Lipinski definition) is 2. The number of aryl methyl sites for hydroxylation is 1. The number of aromatic nitrogens is 4. The summed E-state index contributed by atoms with van der Waals surface area (Å²) in [7, 11) is 1.52. The summed E-state index contributed by atoms with van der Waals surface area (Å²) in [6.07, 6.45) is 0. The van der Waals surface area contributed by atoms with E-state index >= 15 is 0 Å². The van der Waals surface area contributed by atoms with Crippen LogP contribution in [0.25, 0.3) is 11.0 Å². The molecule has 0 fully saturated rings. The molecule has 0 aliphatic carbocycles. The first-order valence-corrected chi connectivity index (χ1v) is 4.20. The fraction of sp³-hybridized carbons (Fsp3) is 0.250. The van der Waals surface area contributed by atoms with Gasteiger partial charge in [0.25, 0.3) is 11.1 Å². The van der Waals surface area contributed by atoms with E-state index in [0.29, 0.717) is 5.82 Å². The second kappa shape index (κ2) is 2.91. The maximum absolute atomic E-state index is 11.7. The number of fused-ring (bicyclic) bond motifs is 1. The van der Waals surface area contributed by atoms with Crippen LogP contribution in [0.3, 0.4) is 0 Å². The topological polar surface area (TPSA) is 101 Å². The van der Waals surface area contributed by atoms with Gasteiger partial charge < -0.3 is 4.98 Å². The van der Waals surface area contributed by atoms with Gasteiger partial charge in [0, 0.05) is 7.05 Å². The Hall–Kier alpha value is -2.18. The van der Waals surface area contributed by atoms with Crippen LogP contribution in [0.2, 0.25) is 0 Å². The molecular formula is C8H8N4O3. The minimum absolute atomic E-state index is 0.0461. The van der Waals surface area contributed by atoms with Crippen molar-refractivity contribution in [1.29, 1.82) is 0 Å². The first-order chi connectivity index (χ1) is 7.00. The van der Waals surface area contributed by atoms with Crippen molar-refractivity contribution in [2.45, 2.75) is 6.92 Å².